The molecule has 2 aromatic carbocycles. The molecule has 0 aromatic heterocycles. The van der Waals surface area contributed by atoms with Crippen molar-refractivity contribution in [2.24, 2.45) is 0 Å². The minimum atomic E-state index is -4.30. The molecule has 4 rings (SSSR count). The molecule has 2 aromatic rings. The van der Waals surface area contributed by atoms with Gasteiger partial charge in [0.25, 0.3) is 20.2 Å². The lowest BCUT2D eigenvalue weighted by molar-refractivity contribution is -0.231. The predicted octanol–water partition coefficient (Wildman–Crippen LogP) is 1.27. The summed E-state index contributed by atoms with van der Waals surface area (Å²) in [6.45, 7) is 3.43. The van der Waals surface area contributed by atoms with Gasteiger partial charge in [-0.05, 0) is 38.1 Å². The van der Waals surface area contributed by atoms with Gasteiger partial charge in [-0.3, -0.25) is 8.37 Å². The Morgan fingerprint density at radius 1 is 0.806 bits per heavy atom. The molecule has 11 heteroatoms. The second-order valence-electron chi connectivity index (χ2n) is 7.53. The SMILES string of the molecule is Cc1ccc(S(=O)(=O)OC2C3OCC(O)C(O3)C2OS(=O)(=O)c2ccc(C)cc2)cc1. The molecule has 2 aliphatic rings. The third kappa shape index (κ3) is 4.53. The lowest BCUT2D eigenvalue weighted by atomic mass is 10.1. The molecular weight excluding hydrogens is 448 g/mol. The Balaban J connectivity index is 1.64. The van der Waals surface area contributed by atoms with Crippen LogP contribution >= 0.6 is 0 Å². The fraction of sp³-hybridized carbons (Fsp3) is 0.400. The smallest absolute Gasteiger partial charge is 0.297 e. The molecule has 5 atom stereocenters. The first-order valence-corrected chi connectivity index (χ1v) is 12.3. The Bertz CT molecular complexity index is 1140. The predicted molar refractivity (Wildman–Crippen MR) is 107 cm³/mol. The highest BCUT2D eigenvalue weighted by Crippen LogP contribution is 2.37. The molecule has 2 fully saturated rings. The third-order valence-electron chi connectivity index (χ3n) is 5.11. The number of hydrogen-bond donors (Lipinski definition) is 1. The first kappa shape index (κ1) is 22.3. The van der Waals surface area contributed by atoms with Gasteiger partial charge in [-0.2, -0.15) is 16.8 Å². The molecule has 2 heterocycles. The van der Waals surface area contributed by atoms with Crippen LogP contribution in [0.15, 0.2) is 58.3 Å². The van der Waals surface area contributed by atoms with E-state index in [1.807, 2.05) is 0 Å². The van der Waals surface area contributed by atoms with Crippen LogP contribution in [0.4, 0.5) is 0 Å². The molecule has 0 aliphatic carbocycles. The molecule has 5 unspecified atom stereocenters. The van der Waals surface area contributed by atoms with Gasteiger partial charge in [0, 0.05) is 0 Å². The number of benzene rings is 2. The number of aryl methyl sites for hydroxylation is 2. The summed E-state index contributed by atoms with van der Waals surface area (Å²) < 4.78 is 72.7. The molecular formula is C20H22O9S2. The standard InChI is InChI=1S/C20H22O9S2/c1-12-3-7-14(8-4-12)30(22,23)28-18-17-16(21)11-26-20(27-17)19(18)29-31(24,25)15-9-5-13(2)6-10-15/h3-10,16-21H,11H2,1-2H3. The van der Waals surface area contributed by atoms with Crippen molar-refractivity contribution < 1.29 is 39.8 Å². The summed E-state index contributed by atoms with van der Waals surface area (Å²) in [4.78, 5) is -0.227. The van der Waals surface area contributed by atoms with E-state index in [-0.39, 0.29) is 16.4 Å². The Morgan fingerprint density at radius 2 is 1.26 bits per heavy atom. The lowest BCUT2D eigenvalue weighted by Crippen LogP contribution is -2.43. The van der Waals surface area contributed by atoms with Crippen LogP contribution in [0.5, 0.6) is 0 Å². The van der Waals surface area contributed by atoms with E-state index in [1.165, 1.54) is 24.3 Å². The highest BCUT2D eigenvalue weighted by molar-refractivity contribution is 7.87. The Labute approximate surface area is 180 Å². The minimum absolute atomic E-state index is 0.111. The van der Waals surface area contributed by atoms with Crippen molar-refractivity contribution in [3.63, 3.8) is 0 Å². The maximum atomic E-state index is 12.8. The summed E-state index contributed by atoms with van der Waals surface area (Å²) in [5, 5.41) is 10.2. The molecule has 2 saturated heterocycles. The van der Waals surface area contributed by atoms with Gasteiger partial charge in [0.05, 0.1) is 16.4 Å². The van der Waals surface area contributed by atoms with Crippen LogP contribution in [0.2, 0.25) is 0 Å². The van der Waals surface area contributed by atoms with Crippen molar-refractivity contribution in [2.45, 2.75) is 54.3 Å². The number of aliphatic hydroxyl groups excluding tert-OH is 1. The van der Waals surface area contributed by atoms with Gasteiger partial charge in [0.2, 0.25) is 0 Å². The zero-order valence-corrected chi connectivity index (χ0v) is 18.4. The van der Waals surface area contributed by atoms with E-state index in [0.717, 1.165) is 11.1 Å². The fourth-order valence-electron chi connectivity index (χ4n) is 3.41. The summed E-state index contributed by atoms with van der Waals surface area (Å²) in [5.74, 6) is 0. The van der Waals surface area contributed by atoms with Gasteiger partial charge < -0.3 is 14.6 Å². The van der Waals surface area contributed by atoms with Crippen molar-refractivity contribution in [3.05, 3.63) is 59.7 Å². The lowest BCUT2D eigenvalue weighted by Gasteiger charge is -2.26. The van der Waals surface area contributed by atoms with Crippen LogP contribution in [0, 0.1) is 13.8 Å². The normalized spacial score (nSPS) is 28.5. The topological polar surface area (TPSA) is 125 Å². The first-order chi connectivity index (χ1) is 14.6. The fourth-order valence-corrected chi connectivity index (χ4v) is 5.57. The van der Waals surface area contributed by atoms with Crippen LogP contribution in [0.1, 0.15) is 11.1 Å². The van der Waals surface area contributed by atoms with Gasteiger partial charge >= 0.3 is 0 Å². The molecule has 2 bridgehead atoms. The molecule has 0 amide bonds. The summed E-state index contributed by atoms with van der Waals surface area (Å²) in [6, 6.07) is 11.9. The average molecular weight is 471 g/mol. The number of fused-ring (bicyclic) bond motifs is 2. The maximum absolute atomic E-state index is 12.8. The summed E-state index contributed by atoms with van der Waals surface area (Å²) in [7, 11) is -8.59. The summed E-state index contributed by atoms with van der Waals surface area (Å²) in [5.41, 5.74) is 1.71. The molecule has 9 nitrogen and oxygen atoms in total. The van der Waals surface area contributed by atoms with Crippen molar-refractivity contribution in [1.29, 1.82) is 0 Å². The van der Waals surface area contributed by atoms with Crippen molar-refractivity contribution in [3.8, 4) is 0 Å². The first-order valence-electron chi connectivity index (χ1n) is 9.52. The van der Waals surface area contributed by atoms with Gasteiger partial charge in [0.1, 0.15) is 18.3 Å². The van der Waals surface area contributed by atoms with Gasteiger partial charge in [-0.1, -0.05) is 35.4 Å². The number of ether oxygens (including phenoxy) is 2. The monoisotopic (exact) mass is 470 g/mol. The number of aliphatic hydroxyl groups is 1. The zero-order valence-electron chi connectivity index (χ0n) is 16.7. The number of rotatable bonds is 6. The van der Waals surface area contributed by atoms with E-state index in [2.05, 4.69) is 0 Å². The molecule has 2 aliphatic heterocycles. The van der Waals surface area contributed by atoms with Gasteiger partial charge in [-0.25, -0.2) is 0 Å². The van der Waals surface area contributed by atoms with E-state index < -0.39 is 50.9 Å². The molecule has 0 saturated carbocycles. The van der Waals surface area contributed by atoms with E-state index in [1.54, 1.807) is 38.1 Å². The Hall–Kier alpha value is -1.86. The Morgan fingerprint density at radius 3 is 1.74 bits per heavy atom. The zero-order chi connectivity index (χ0) is 22.4. The molecule has 1 N–H and O–H groups in total. The summed E-state index contributed by atoms with van der Waals surface area (Å²) in [6.07, 6.45) is -6.45. The van der Waals surface area contributed by atoms with Crippen LogP contribution in [0.25, 0.3) is 0 Å². The van der Waals surface area contributed by atoms with Crippen LogP contribution in [-0.2, 0) is 38.1 Å². The van der Waals surface area contributed by atoms with Crippen LogP contribution in [-0.4, -0.2) is 59.3 Å². The molecule has 0 spiro atoms. The summed E-state index contributed by atoms with van der Waals surface area (Å²) >= 11 is 0. The second-order valence-corrected chi connectivity index (χ2v) is 10.7. The van der Waals surface area contributed by atoms with E-state index in [4.69, 9.17) is 17.8 Å². The maximum Gasteiger partial charge on any atom is 0.297 e. The highest BCUT2D eigenvalue weighted by atomic mass is 32.2. The molecule has 168 valence electrons. The molecule has 31 heavy (non-hydrogen) atoms. The Kier molecular flexibility index (Phi) is 5.94. The third-order valence-corrected chi connectivity index (χ3v) is 7.76. The highest BCUT2D eigenvalue weighted by Gasteiger charge is 2.56. The van der Waals surface area contributed by atoms with Crippen LogP contribution < -0.4 is 0 Å². The van der Waals surface area contributed by atoms with Gasteiger partial charge in [-0.15, -0.1) is 0 Å². The minimum Gasteiger partial charge on any atom is -0.388 e. The van der Waals surface area contributed by atoms with Crippen molar-refractivity contribution >= 4 is 20.2 Å². The van der Waals surface area contributed by atoms with E-state index in [9.17, 15) is 21.9 Å². The molecule has 0 radical (unpaired) electrons. The van der Waals surface area contributed by atoms with Crippen LogP contribution in [0.3, 0.4) is 0 Å². The van der Waals surface area contributed by atoms with Crippen molar-refractivity contribution in [1.82, 2.24) is 0 Å². The number of hydrogen-bond acceptors (Lipinski definition) is 9. The van der Waals surface area contributed by atoms with E-state index >= 15 is 0 Å². The second kappa shape index (κ2) is 8.24. The van der Waals surface area contributed by atoms with Gasteiger partial charge in [0.15, 0.2) is 12.4 Å². The largest absolute Gasteiger partial charge is 0.388 e. The average Bonchev–Trinajstić information content (AvgIpc) is 2.98. The van der Waals surface area contributed by atoms with E-state index in [0.29, 0.717) is 0 Å². The quantitative estimate of drug-likeness (QED) is 0.621. The van der Waals surface area contributed by atoms with Crippen molar-refractivity contribution in [2.75, 3.05) is 6.61 Å².